The van der Waals surface area contributed by atoms with Gasteiger partial charge in [0.05, 0.1) is 30.7 Å². The zero-order chi connectivity index (χ0) is 21.8. The maximum Gasteiger partial charge on any atom is 0.280 e. The Hall–Kier alpha value is -3.23. The summed E-state index contributed by atoms with van der Waals surface area (Å²) in [6.07, 6.45) is 1.64. The molecule has 0 radical (unpaired) electrons. The van der Waals surface area contributed by atoms with E-state index in [1.54, 1.807) is 31.5 Å². The summed E-state index contributed by atoms with van der Waals surface area (Å²) < 4.78 is 12.5. The molecule has 6 nitrogen and oxygen atoms in total. The van der Waals surface area contributed by atoms with Crippen molar-refractivity contribution in [2.45, 2.75) is 0 Å². The van der Waals surface area contributed by atoms with Crippen LogP contribution < -0.4 is 14.5 Å². The van der Waals surface area contributed by atoms with Crippen LogP contribution in [0.15, 0.2) is 76.3 Å². The fourth-order valence-electron chi connectivity index (χ4n) is 2.92. The molecule has 0 aliphatic heterocycles. The molecule has 31 heavy (non-hydrogen) atoms. The molecule has 0 aliphatic rings. The number of ether oxygens (including phenoxy) is 2. The number of hydrogen-bond acceptors (Lipinski definition) is 6. The van der Waals surface area contributed by atoms with Gasteiger partial charge in [0, 0.05) is 10.0 Å². The van der Waals surface area contributed by atoms with Crippen LogP contribution in [0.4, 0.5) is 5.13 Å². The zero-order valence-corrected chi connectivity index (χ0v) is 19.2. The molecule has 8 heteroatoms. The molecule has 4 rings (SSSR count). The Labute approximate surface area is 191 Å². The van der Waals surface area contributed by atoms with E-state index in [9.17, 15) is 4.79 Å². The number of hydrogen-bond donors (Lipinski definition) is 0. The first-order chi connectivity index (χ1) is 15.1. The van der Waals surface area contributed by atoms with Crippen molar-refractivity contribution in [2.24, 2.45) is 5.10 Å². The second-order valence-electron chi connectivity index (χ2n) is 6.45. The number of anilines is 1. The highest BCUT2D eigenvalue weighted by Gasteiger charge is 2.22. The van der Waals surface area contributed by atoms with Gasteiger partial charge in [0.15, 0.2) is 11.5 Å². The van der Waals surface area contributed by atoms with Crippen LogP contribution in [0.3, 0.4) is 0 Å². The molecule has 0 spiro atoms. The lowest BCUT2D eigenvalue weighted by Crippen LogP contribution is -2.25. The number of thiazole rings is 1. The number of benzene rings is 3. The van der Waals surface area contributed by atoms with Crippen LogP contribution in [0.5, 0.6) is 11.5 Å². The summed E-state index contributed by atoms with van der Waals surface area (Å²) in [5, 5.41) is 6.26. The summed E-state index contributed by atoms with van der Waals surface area (Å²) >= 11 is 4.87. The van der Waals surface area contributed by atoms with Gasteiger partial charge in [0.2, 0.25) is 5.13 Å². The highest BCUT2D eigenvalue weighted by atomic mass is 79.9. The van der Waals surface area contributed by atoms with E-state index in [-0.39, 0.29) is 5.91 Å². The molecule has 0 aliphatic carbocycles. The van der Waals surface area contributed by atoms with Crippen molar-refractivity contribution < 1.29 is 14.3 Å². The normalized spacial score (nSPS) is 11.1. The van der Waals surface area contributed by atoms with Gasteiger partial charge in [-0.2, -0.15) is 10.1 Å². The molecule has 0 bridgehead atoms. The van der Waals surface area contributed by atoms with Gasteiger partial charge < -0.3 is 9.47 Å². The summed E-state index contributed by atoms with van der Waals surface area (Å²) in [5.74, 6) is 0.683. The van der Waals surface area contributed by atoms with Gasteiger partial charge in [-0.05, 0) is 42.0 Å². The molecule has 0 fully saturated rings. The second-order valence-corrected chi connectivity index (χ2v) is 8.38. The predicted octanol–water partition coefficient (Wildman–Crippen LogP) is 5.76. The minimum atomic E-state index is -0.328. The quantitative estimate of drug-likeness (QED) is 0.252. The van der Waals surface area contributed by atoms with Gasteiger partial charge in [-0.1, -0.05) is 57.6 Å². The Balaban J connectivity index is 1.77. The lowest BCUT2D eigenvalue weighted by molar-refractivity contribution is 0.0987. The molecule has 0 unspecified atom stereocenters. The van der Waals surface area contributed by atoms with Crippen molar-refractivity contribution >= 4 is 54.7 Å². The van der Waals surface area contributed by atoms with Gasteiger partial charge in [0.1, 0.15) is 0 Å². The zero-order valence-electron chi connectivity index (χ0n) is 16.8. The molecule has 1 amide bonds. The van der Waals surface area contributed by atoms with E-state index in [1.807, 2.05) is 48.5 Å². The topological polar surface area (TPSA) is 64.0 Å². The Morgan fingerprint density at radius 1 is 1.03 bits per heavy atom. The first-order valence-corrected chi connectivity index (χ1v) is 10.9. The van der Waals surface area contributed by atoms with Crippen LogP contribution in [0.2, 0.25) is 0 Å². The van der Waals surface area contributed by atoms with Crippen molar-refractivity contribution in [3.05, 3.63) is 82.3 Å². The van der Waals surface area contributed by atoms with E-state index in [1.165, 1.54) is 23.5 Å². The first kappa shape index (κ1) is 21.0. The van der Waals surface area contributed by atoms with Crippen molar-refractivity contribution in [3.8, 4) is 11.5 Å². The number of hydrazone groups is 1. The van der Waals surface area contributed by atoms with Crippen molar-refractivity contribution in [3.63, 3.8) is 0 Å². The third-order valence-corrected chi connectivity index (χ3v) is 5.95. The fraction of sp³-hybridized carbons (Fsp3) is 0.0870. The molecule has 0 atom stereocenters. The minimum Gasteiger partial charge on any atom is -0.493 e. The number of methoxy groups -OCH3 is 2. The molecular formula is C23H18BrN3O3S. The summed E-state index contributed by atoms with van der Waals surface area (Å²) in [6.45, 7) is 0. The van der Waals surface area contributed by atoms with Crippen LogP contribution in [0, 0.1) is 0 Å². The third kappa shape index (κ3) is 4.60. The van der Waals surface area contributed by atoms with E-state index in [4.69, 9.17) is 9.47 Å². The number of aromatic nitrogens is 1. The van der Waals surface area contributed by atoms with Crippen molar-refractivity contribution in [2.75, 3.05) is 19.2 Å². The Morgan fingerprint density at radius 2 is 1.81 bits per heavy atom. The molecule has 1 aromatic heterocycles. The van der Waals surface area contributed by atoms with E-state index >= 15 is 0 Å². The minimum absolute atomic E-state index is 0.328. The molecule has 156 valence electrons. The number of fused-ring (bicyclic) bond motifs is 1. The van der Waals surface area contributed by atoms with Crippen LogP contribution in [-0.4, -0.2) is 31.3 Å². The number of carbonyl (C=O) groups excluding carboxylic acids is 1. The lowest BCUT2D eigenvalue weighted by atomic mass is 10.2. The van der Waals surface area contributed by atoms with Crippen LogP contribution in [-0.2, 0) is 0 Å². The van der Waals surface area contributed by atoms with E-state index < -0.39 is 0 Å². The number of amides is 1. The summed E-state index contributed by atoms with van der Waals surface area (Å²) in [4.78, 5) is 18.1. The van der Waals surface area contributed by atoms with Gasteiger partial charge >= 0.3 is 0 Å². The highest BCUT2D eigenvalue weighted by molar-refractivity contribution is 9.10. The number of nitrogens with zero attached hydrogens (tertiary/aromatic N) is 3. The summed E-state index contributed by atoms with van der Waals surface area (Å²) in [6, 6.07) is 20.4. The Kier molecular flexibility index (Phi) is 6.29. The molecule has 0 N–H and O–H groups in total. The maximum atomic E-state index is 13.5. The summed E-state index contributed by atoms with van der Waals surface area (Å²) in [7, 11) is 3.08. The third-order valence-electron chi connectivity index (χ3n) is 4.47. The van der Waals surface area contributed by atoms with Gasteiger partial charge in [-0.15, -0.1) is 0 Å². The first-order valence-electron chi connectivity index (χ1n) is 9.30. The SMILES string of the molecule is COc1ccc(C(=O)N(/N=C/c2ccccc2)c2nc3ccc(Br)cc3s2)cc1OC. The predicted molar refractivity (Wildman–Crippen MR) is 128 cm³/mol. The van der Waals surface area contributed by atoms with Crippen molar-refractivity contribution in [1.29, 1.82) is 0 Å². The average Bonchev–Trinajstić information content (AvgIpc) is 3.22. The molecule has 3 aromatic carbocycles. The molecule has 0 saturated carbocycles. The highest BCUT2D eigenvalue weighted by Crippen LogP contribution is 2.33. The second kappa shape index (κ2) is 9.28. The van der Waals surface area contributed by atoms with E-state index in [0.29, 0.717) is 22.2 Å². The maximum absolute atomic E-state index is 13.5. The monoisotopic (exact) mass is 495 g/mol. The summed E-state index contributed by atoms with van der Waals surface area (Å²) in [5.41, 5.74) is 2.07. The van der Waals surface area contributed by atoms with Crippen LogP contribution in [0.25, 0.3) is 10.2 Å². The van der Waals surface area contributed by atoms with Crippen LogP contribution >= 0.6 is 27.3 Å². The molecule has 0 saturated heterocycles. The van der Waals surface area contributed by atoms with Gasteiger partial charge in [-0.3, -0.25) is 4.79 Å². The standard InChI is InChI=1S/C23H18BrN3O3S/c1-29-19-11-8-16(12-20(19)30-2)22(28)27(25-14-15-6-4-3-5-7-15)23-26-18-10-9-17(24)13-21(18)31-23/h3-14H,1-2H3/b25-14+. The molecule has 4 aromatic rings. The molecule has 1 heterocycles. The average molecular weight is 496 g/mol. The lowest BCUT2D eigenvalue weighted by Gasteiger charge is -2.15. The Bertz CT molecular complexity index is 1260. The van der Waals surface area contributed by atoms with Crippen LogP contribution in [0.1, 0.15) is 15.9 Å². The van der Waals surface area contributed by atoms with Crippen molar-refractivity contribution in [1.82, 2.24) is 4.98 Å². The number of rotatable bonds is 6. The Morgan fingerprint density at radius 3 is 2.55 bits per heavy atom. The van der Waals surface area contributed by atoms with Gasteiger partial charge in [-0.25, -0.2) is 4.98 Å². The molecular weight excluding hydrogens is 478 g/mol. The van der Waals surface area contributed by atoms with E-state index in [0.717, 1.165) is 20.3 Å². The van der Waals surface area contributed by atoms with E-state index in [2.05, 4.69) is 26.0 Å². The largest absolute Gasteiger partial charge is 0.493 e. The van der Waals surface area contributed by atoms with Gasteiger partial charge in [0.25, 0.3) is 5.91 Å². The number of carbonyl (C=O) groups is 1. The smallest absolute Gasteiger partial charge is 0.280 e. The fourth-order valence-corrected chi connectivity index (χ4v) is 4.39. The number of halogens is 1.